The number of nitrogens with two attached hydrogens (primary N) is 1. The molecule has 4 rings (SSSR count). The van der Waals surface area contributed by atoms with Crippen molar-refractivity contribution >= 4 is 41.1 Å². The molecule has 0 saturated heterocycles. The van der Waals surface area contributed by atoms with Crippen LogP contribution in [0.3, 0.4) is 0 Å². The third kappa shape index (κ3) is 6.59. The molecule has 0 radical (unpaired) electrons. The zero-order valence-electron chi connectivity index (χ0n) is 20.4. The van der Waals surface area contributed by atoms with Gasteiger partial charge in [-0.05, 0) is 53.4 Å². The molecule has 0 unspecified atom stereocenters. The van der Waals surface area contributed by atoms with Crippen molar-refractivity contribution < 1.29 is 18.4 Å². The van der Waals surface area contributed by atoms with Crippen molar-refractivity contribution in [2.45, 2.75) is 38.5 Å². The summed E-state index contributed by atoms with van der Waals surface area (Å²) in [6.45, 7) is 2.36. The first-order valence-electron chi connectivity index (χ1n) is 11.7. The molecule has 1 heterocycles. The standard InChI is InChI=1S/C27H25Cl2F2N5O2/c1-27(12-19-8-20(30)11-21(31)9-19)24(37)36(25(32)35-27)15-17-4-2-16(3-5-17)13-33-26(38)34-14-18-6-7-22(28)23(29)10-18/h2-11H,12-15H2,1H3,(H2,32,35)(H2,33,34,38)/t27-/m1/s1. The van der Waals surface area contributed by atoms with E-state index in [1.165, 1.54) is 17.0 Å². The van der Waals surface area contributed by atoms with Gasteiger partial charge in [-0.25, -0.2) is 18.6 Å². The molecule has 0 saturated carbocycles. The minimum absolute atomic E-state index is 0.00937. The van der Waals surface area contributed by atoms with E-state index in [0.717, 1.165) is 22.8 Å². The number of nitrogens with zero attached hydrogens (tertiary/aromatic N) is 2. The van der Waals surface area contributed by atoms with Crippen LogP contribution < -0.4 is 16.4 Å². The summed E-state index contributed by atoms with van der Waals surface area (Å²) in [6.07, 6.45) is 0.00937. The molecular weight excluding hydrogens is 535 g/mol. The Morgan fingerprint density at radius 2 is 1.47 bits per heavy atom. The molecule has 0 spiro atoms. The van der Waals surface area contributed by atoms with Gasteiger partial charge in [-0.3, -0.25) is 9.69 Å². The van der Waals surface area contributed by atoms with Crippen molar-refractivity contribution in [3.8, 4) is 0 Å². The van der Waals surface area contributed by atoms with E-state index in [1.54, 1.807) is 25.1 Å². The molecule has 1 atom stereocenters. The van der Waals surface area contributed by atoms with E-state index in [-0.39, 0.29) is 30.9 Å². The van der Waals surface area contributed by atoms with Crippen molar-refractivity contribution in [3.05, 3.63) is 105 Å². The summed E-state index contributed by atoms with van der Waals surface area (Å²) in [7, 11) is 0. The second-order valence-corrected chi connectivity index (χ2v) is 10.0. The van der Waals surface area contributed by atoms with Gasteiger partial charge < -0.3 is 16.4 Å². The van der Waals surface area contributed by atoms with E-state index in [0.29, 0.717) is 28.7 Å². The fourth-order valence-electron chi connectivity index (χ4n) is 4.16. The molecule has 0 fully saturated rings. The van der Waals surface area contributed by atoms with Gasteiger partial charge in [0.05, 0.1) is 16.6 Å². The smallest absolute Gasteiger partial charge is 0.315 e. The van der Waals surface area contributed by atoms with Crippen molar-refractivity contribution in [2.24, 2.45) is 10.7 Å². The Kier molecular flexibility index (Phi) is 8.18. The van der Waals surface area contributed by atoms with Gasteiger partial charge in [-0.15, -0.1) is 0 Å². The fraction of sp³-hybridized carbons (Fsp3) is 0.222. The van der Waals surface area contributed by atoms with Gasteiger partial charge in [0.2, 0.25) is 0 Å². The largest absolute Gasteiger partial charge is 0.369 e. The Morgan fingerprint density at radius 3 is 2.11 bits per heavy atom. The number of hydrogen-bond donors (Lipinski definition) is 3. The van der Waals surface area contributed by atoms with E-state index < -0.39 is 17.2 Å². The molecule has 0 bridgehead atoms. The maximum atomic E-state index is 13.6. The van der Waals surface area contributed by atoms with E-state index in [4.69, 9.17) is 28.9 Å². The maximum Gasteiger partial charge on any atom is 0.315 e. The summed E-state index contributed by atoms with van der Waals surface area (Å²) in [4.78, 5) is 30.9. The van der Waals surface area contributed by atoms with Crippen molar-refractivity contribution in [3.63, 3.8) is 0 Å². The lowest BCUT2D eigenvalue weighted by molar-refractivity contribution is -0.131. The third-order valence-electron chi connectivity index (χ3n) is 6.07. The molecule has 3 aromatic carbocycles. The minimum Gasteiger partial charge on any atom is -0.369 e. The van der Waals surface area contributed by atoms with Crippen LogP contribution in [0.2, 0.25) is 10.0 Å². The lowest BCUT2D eigenvalue weighted by Gasteiger charge is -2.22. The van der Waals surface area contributed by atoms with Crippen LogP contribution in [0.4, 0.5) is 13.6 Å². The monoisotopic (exact) mass is 559 g/mol. The molecule has 0 aliphatic carbocycles. The molecule has 198 valence electrons. The minimum atomic E-state index is -1.26. The summed E-state index contributed by atoms with van der Waals surface area (Å²) in [5, 5.41) is 6.39. The molecule has 0 aromatic heterocycles. The van der Waals surface area contributed by atoms with Gasteiger partial charge in [0.25, 0.3) is 5.91 Å². The highest BCUT2D eigenvalue weighted by molar-refractivity contribution is 6.42. The number of halogens is 4. The number of amides is 3. The number of urea groups is 1. The van der Waals surface area contributed by atoms with Gasteiger partial charge in [-0.1, -0.05) is 53.5 Å². The van der Waals surface area contributed by atoms with Gasteiger partial charge >= 0.3 is 6.03 Å². The zero-order valence-corrected chi connectivity index (χ0v) is 21.9. The summed E-state index contributed by atoms with van der Waals surface area (Å²) in [5.74, 6) is -1.76. The summed E-state index contributed by atoms with van der Waals surface area (Å²) in [6, 6.07) is 15.2. The number of carbonyl (C=O) groups excluding carboxylic acids is 2. The number of guanidine groups is 1. The lowest BCUT2D eigenvalue weighted by atomic mass is 9.92. The first-order chi connectivity index (χ1) is 18.0. The highest BCUT2D eigenvalue weighted by Crippen LogP contribution is 2.28. The molecule has 1 aliphatic heterocycles. The van der Waals surface area contributed by atoms with Crippen LogP contribution in [0.1, 0.15) is 29.2 Å². The average molecular weight is 560 g/mol. The van der Waals surface area contributed by atoms with E-state index in [1.807, 2.05) is 24.3 Å². The first-order valence-corrected chi connectivity index (χ1v) is 12.4. The molecular formula is C27H25Cl2F2N5O2. The van der Waals surface area contributed by atoms with Gasteiger partial charge in [0, 0.05) is 25.6 Å². The molecule has 11 heteroatoms. The Morgan fingerprint density at radius 1 is 0.895 bits per heavy atom. The van der Waals surface area contributed by atoms with Crippen LogP contribution in [0.15, 0.2) is 65.7 Å². The summed E-state index contributed by atoms with van der Waals surface area (Å²) in [5.41, 5.74) is 7.56. The van der Waals surface area contributed by atoms with Crippen LogP contribution in [-0.2, 0) is 30.8 Å². The summed E-state index contributed by atoms with van der Waals surface area (Å²) < 4.78 is 27.2. The quantitative estimate of drug-likeness (QED) is 0.365. The van der Waals surface area contributed by atoms with Gasteiger partial charge in [0.15, 0.2) is 5.96 Å². The zero-order chi connectivity index (χ0) is 27.4. The van der Waals surface area contributed by atoms with Gasteiger partial charge in [0.1, 0.15) is 17.2 Å². The number of carbonyl (C=O) groups is 2. The first kappa shape index (κ1) is 27.3. The van der Waals surface area contributed by atoms with Crippen LogP contribution >= 0.6 is 23.2 Å². The number of benzene rings is 3. The van der Waals surface area contributed by atoms with Crippen LogP contribution in [0.25, 0.3) is 0 Å². The van der Waals surface area contributed by atoms with E-state index in [2.05, 4.69) is 15.6 Å². The highest BCUT2D eigenvalue weighted by atomic mass is 35.5. The SMILES string of the molecule is C[C@]1(Cc2cc(F)cc(F)c2)N=C(N)N(Cc2ccc(CNC(=O)NCc3ccc(Cl)c(Cl)c3)cc2)C1=O. The number of rotatable bonds is 8. The topological polar surface area (TPSA) is 99.8 Å². The van der Waals surface area contributed by atoms with Crippen molar-refractivity contribution in [2.75, 3.05) is 0 Å². The predicted octanol–water partition coefficient (Wildman–Crippen LogP) is 4.93. The van der Waals surface area contributed by atoms with Gasteiger partial charge in [-0.2, -0.15) is 0 Å². The molecule has 3 aromatic rings. The van der Waals surface area contributed by atoms with Crippen LogP contribution in [-0.4, -0.2) is 28.3 Å². The second kappa shape index (κ2) is 11.4. The Bertz CT molecular complexity index is 1380. The van der Waals surface area contributed by atoms with E-state index >= 15 is 0 Å². The number of hydrogen-bond acceptors (Lipinski definition) is 4. The maximum absolute atomic E-state index is 13.6. The van der Waals surface area contributed by atoms with Crippen LogP contribution in [0.5, 0.6) is 0 Å². The number of aliphatic imine (C=N–C) groups is 1. The molecule has 1 aliphatic rings. The van der Waals surface area contributed by atoms with Crippen LogP contribution in [0, 0.1) is 11.6 Å². The Hall–Kier alpha value is -3.69. The molecule has 7 nitrogen and oxygen atoms in total. The second-order valence-electron chi connectivity index (χ2n) is 9.19. The third-order valence-corrected chi connectivity index (χ3v) is 6.81. The Labute approximate surface area is 228 Å². The van der Waals surface area contributed by atoms with E-state index in [9.17, 15) is 18.4 Å². The van der Waals surface area contributed by atoms with Crippen molar-refractivity contribution in [1.29, 1.82) is 0 Å². The predicted molar refractivity (Wildman–Crippen MR) is 143 cm³/mol. The normalized spacial score (nSPS) is 16.9. The molecule has 3 amide bonds. The summed E-state index contributed by atoms with van der Waals surface area (Å²) >= 11 is 11.9. The molecule has 4 N–H and O–H groups in total. The molecule has 38 heavy (non-hydrogen) atoms. The lowest BCUT2D eigenvalue weighted by Crippen LogP contribution is -2.43. The fourth-order valence-corrected chi connectivity index (χ4v) is 4.48. The number of nitrogens with one attached hydrogen (secondary N) is 2. The Balaban J connectivity index is 1.30. The van der Waals surface area contributed by atoms with Crippen molar-refractivity contribution in [1.82, 2.24) is 15.5 Å². The average Bonchev–Trinajstić information content (AvgIpc) is 3.06. The highest BCUT2D eigenvalue weighted by Gasteiger charge is 2.44.